The van der Waals surface area contributed by atoms with Crippen molar-refractivity contribution >= 4 is 26.6 Å². The summed E-state index contributed by atoms with van der Waals surface area (Å²) in [5.41, 5.74) is -0.135. The Morgan fingerprint density at radius 2 is 1.68 bits per heavy atom. The van der Waals surface area contributed by atoms with E-state index in [1.807, 2.05) is 6.07 Å². The highest BCUT2D eigenvalue weighted by Crippen LogP contribution is 2.35. The maximum Gasteiger partial charge on any atom is 0.433 e. The molecule has 0 aliphatic carbocycles. The molecule has 0 bridgehead atoms. The van der Waals surface area contributed by atoms with Crippen molar-refractivity contribution in [3.8, 4) is 6.07 Å². The first-order valence-corrected chi connectivity index (χ1v) is 10.9. The van der Waals surface area contributed by atoms with E-state index in [1.54, 1.807) is 23.1 Å². The Hall–Kier alpha value is -3.16. The lowest BCUT2D eigenvalue weighted by molar-refractivity contribution is -0.140. The fourth-order valence-electron chi connectivity index (χ4n) is 3.61. The van der Waals surface area contributed by atoms with Crippen molar-refractivity contribution in [1.82, 2.24) is 9.29 Å². The second-order valence-electron chi connectivity index (χ2n) is 7.07. The Morgan fingerprint density at radius 1 is 0.968 bits per heavy atom. The van der Waals surface area contributed by atoms with Gasteiger partial charge >= 0.3 is 6.18 Å². The third-order valence-electron chi connectivity index (χ3n) is 5.17. The summed E-state index contributed by atoms with van der Waals surface area (Å²) in [7, 11) is -3.81. The summed E-state index contributed by atoms with van der Waals surface area (Å²) in [4.78, 5) is 5.50. The molecule has 0 N–H and O–H groups in total. The molecule has 4 rings (SSSR count). The van der Waals surface area contributed by atoms with Crippen molar-refractivity contribution in [2.45, 2.75) is 11.1 Å². The number of sulfonamides is 1. The van der Waals surface area contributed by atoms with Crippen LogP contribution in [0, 0.1) is 11.3 Å². The van der Waals surface area contributed by atoms with Gasteiger partial charge in [0.05, 0.1) is 22.0 Å². The molecule has 0 spiro atoms. The van der Waals surface area contributed by atoms with Gasteiger partial charge in [0.1, 0.15) is 5.69 Å². The minimum Gasteiger partial charge on any atom is -0.368 e. The van der Waals surface area contributed by atoms with Crippen molar-refractivity contribution in [2.24, 2.45) is 0 Å². The number of halogens is 3. The molecule has 6 nitrogen and oxygen atoms in total. The Kier molecular flexibility index (Phi) is 5.33. The lowest BCUT2D eigenvalue weighted by atomic mass is 10.1. The van der Waals surface area contributed by atoms with Gasteiger partial charge in [-0.3, -0.25) is 0 Å². The van der Waals surface area contributed by atoms with Crippen LogP contribution in [-0.4, -0.2) is 43.9 Å². The van der Waals surface area contributed by atoms with Crippen LogP contribution in [0.2, 0.25) is 0 Å². The second-order valence-corrected chi connectivity index (χ2v) is 9.01. The molecule has 1 aromatic heterocycles. The Bertz CT molecular complexity index is 1280. The van der Waals surface area contributed by atoms with Crippen LogP contribution in [0.15, 0.2) is 59.5 Å². The Balaban J connectivity index is 1.62. The Labute approximate surface area is 177 Å². The number of para-hydroxylation sites is 1. The van der Waals surface area contributed by atoms with Crippen LogP contribution in [0.1, 0.15) is 11.3 Å². The first kappa shape index (κ1) is 21.1. The van der Waals surface area contributed by atoms with Gasteiger partial charge in [0.25, 0.3) is 0 Å². The van der Waals surface area contributed by atoms with Crippen LogP contribution in [-0.2, 0) is 16.2 Å². The molecule has 3 aromatic rings. The average molecular weight is 446 g/mol. The predicted molar refractivity (Wildman–Crippen MR) is 109 cm³/mol. The molecular formula is C21H17F3N4O2S. The molecule has 31 heavy (non-hydrogen) atoms. The monoisotopic (exact) mass is 446 g/mol. The number of benzene rings is 2. The second kappa shape index (κ2) is 7.83. The highest BCUT2D eigenvalue weighted by molar-refractivity contribution is 7.89. The van der Waals surface area contributed by atoms with Crippen LogP contribution >= 0.6 is 0 Å². The van der Waals surface area contributed by atoms with Crippen molar-refractivity contribution in [2.75, 3.05) is 31.1 Å². The molecule has 1 saturated heterocycles. The normalized spacial score (nSPS) is 15.7. The van der Waals surface area contributed by atoms with Gasteiger partial charge in [0.2, 0.25) is 10.0 Å². The number of aromatic nitrogens is 1. The average Bonchev–Trinajstić information content (AvgIpc) is 2.78. The van der Waals surface area contributed by atoms with E-state index in [1.165, 1.54) is 34.6 Å². The van der Waals surface area contributed by atoms with Gasteiger partial charge in [-0.15, -0.1) is 0 Å². The van der Waals surface area contributed by atoms with Gasteiger partial charge in [-0.05, 0) is 30.3 Å². The van der Waals surface area contributed by atoms with Crippen molar-refractivity contribution in [3.05, 3.63) is 65.9 Å². The lowest BCUT2D eigenvalue weighted by Gasteiger charge is -2.36. The van der Waals surface area contributed by atoms with E-state index in [0.717, 1.165) is 6.07 Å². The highest BCUT2D eigenvalue weighted by atomic mass is 32.2. The van der Waals surface area contributed by atoms with Crippen LogP contribution in [0.3, 0.4) is 0 Å². The van der Waals surface area contributed by atoms with Gasteiger partial charge in [0.15, 0.2) is 0 Å². The van der Waals surface area contributed by atoms with Crippen molar-refractivity contribution < 1.29 is 21.6 Å². The maximum absolute atomic E-state index is 13.3. The Morgan fingerprint density at radius 3 is 2.35 bits per heavy atom. The summed E-state index contributed by atoms with van der Waals surface area (Å²) in [6, 6.07) is 15.3. The standard InChI is InChI=1S/C21H17F3N4O2S/c22-21(23,24)20-13-19(17-6-1-2-7-18(17)26-20)27-8-10-28(11-9-27)31(29,30)16-5-3-4-15(12-16)14-25/h1-7,12-13H,8-11H2. The molecule has 0 unspecified atom stereocenters. The minimum atomic E-state index is -4.59. The number of rotatable bonds is 3. The molecule has 0 saturated carbocycles. The van der Waals surface area contributed by atoms with E-state index in [-0.39, 0.29) is 42.2 Å². The molecule has 1 aliphatic heterocycles. The van der Waals surface area contributed by atoms with Gasteiger partial charge in [-0.2, -0.15) is 22.7 Å². The summed E-state index contributed by atoms with van der Waals surface area (Å²) >= 11 is 0. The predicted octanol–water partition coefficient (Wildman–Crippen LogP) is 3.64. The summed E-state index contributed by atoms with van der Waals surface area (Å²) in [6.07, 6.45) is -4.59. The fraction of sp³-hybridized carbons (Fsp3) is 0.238. The van der Waals surface area contributed by atoms with E-state index in [4.69, 9.17) is 5.26 Å². The van der Waals surface area contributed by atoms with Crippen LogP contribution < -0.4 is 4.90 Å². The van der Waals surface area contributed by atoms with E-state index >= 15 is 0 Å². The molecule has 160 valence electrons. The number of alkyl halides is 3. The molecule has 0 radical (unpaired) electrons. The first-order chi connectivity index (χ1) is 14.7. The zero-order valence-electron chi connectivity index (χ0n) is 16.2. The molecule has 1 aliphatic rings. The van der Waals surface area contributed by atoms with Gasteiger partial charge in [0, 0.05) is 37.3 Å². The van der Waals surface area contributed by atoms with Gasteiger partial charge in [-0.1, -0.05) is 24.3 Å². The molecule has 10 heteroatoms. The van der Waals surface area contributed by atoms with Crippen molar-refractivity contribution in [3.63, 3.8) is 0 Å². The lowest BCUT2D eigenvalue weighted by Crippen LogP contribution is -2.48. The first-order valence-electron chi connectivity index (χ1n) is 9.42. The number of hydrogen-bond acceptors (Lipinski definition) is 5. The summed E-state index contributed by atoms with van der Waals surface area (Å²) in [6.45, 7) is 0.666. The van der Waals surface area contributed by atoms with Gasteiger partial charge in [-0.25, -0.2) is 13.4 Å². The molecular weight excluding hydrogens is 429 g/mol. The smallest absolute Gasteiger partial charge is 0.368 e. The van der Waals surface area contributed by atoms with E-state index in [0.29, 0.717) is 11.1 Å². The number of piperazine rings is 1. The molecule has 0 atom stereocenters. The number of pyridine rings is 1. The fourth-order valence-corrected chi connectivity index (χ4v) is 5.08. The number of hydrogen-bond donors (Lipinski definition) is 0. The van der Waals surface area contributed by atoms with Crippen LogP contribution in [0.5, 0.6) is 0 Å². The van der Waals surface area contributed by atoms with Crippen LogP contribution in [0.4, 0.5) is 18.9 Å². The topological polar surface area (TPSA) is 77.3 Å². The number of nitriles is 1. The third kappa shape index (κ3) is 4.06. The molecule has 1 fully saturated rings. The van der Waals surface area contributed by atoms with E-state index < -0.39 is 21.9 Å². The number of fused-ring (bicyclic) bond motifs is 1. The summed E-state index contributed by atoms with van der Waals surface area (Å²) in [5.74, 6) is 0. The SMILES string of the molecule is N#Cc1cccc(S(=O)(=O)N2CCN(c3cc(C(F)(F)F)nc4ccccc34)CC2)c1. The molecule has 2 heterocycles. The number of nitrogens with zero attached hydrogens (tertiary/aromatic N) is 4. The quantitative estimate of drug-likeness (QED) is 0.614. The minimum absolute atomic E-state index is 0.0220. The van der Waals surface area contributed by atoms with Gasteiger partial charge < -0.3 is 4.90 Å². The maximum atomic E-state index is 13.3. The largest absolute Gasteiger partial charge is 0.433 e. The van der Waals surface area contributed by atoms with E-state index in [9.17, 15) is 21.6 Å². The molecule has 0 amide bonds. The summed E-state index contributed by atoms with van der Waals surface area (Å²) < 4.78 is 67.2. The van der Waals surface area contributed by atoms with Crippen molar-refractivity contribution in [1.29, 1.82) is 5.26 Å². The zero-order chi connectivity index (χ0) is 22.2. The number of anilines is 1. The highest BCUT2D eigenvalue weighted by Gasteiger charge is 2.35. The zero-order valence-corrected chi connectivity index (χ0v) is 17.0. The van der Waals surface area contributed by atoms with Crippen LogP contribution in [0.25, 0.3) is 10.9 Å². The third-order valence-corrected chi connectivity index (χ3v) is 7.06. The summed E-state index contributed by atoms with van der Waals surface area (Å²) in [5, 5.41) is 9.59. The van der Waals surface area contributed by atoms with E-state index in [2.05, 4.69) is 4.98 Å². The molecule has 2 aromatic carbocycles.